The molecule has 1 atom stereocenters. The summed E-state index contributed by atoms with van der Waals surface area (Å²) in [5, 5.41) is 3.14. The Labute approximate surface area is 150 Å². The van der Waals surface area contributed by atoms with Gasteiger partial charge in [-0.3, -0.25) is 4.79 Å². The standard InChI is InChI=1S/C19H25N3O.ClH/c1-22(2)14-18(12-15-6-4-3-5-7-15)21-19(23)17-10-8-16(13-20)9-11-17;/h3-11,18H,12-14,20H2,1-2H3,(H,21,23);1H. The van der Waals surface area contributed by atoms with Gasteiger partial charge in [0.1, 0.15) is 0 Å². The van der Waals surface area contributed by atoms with Gasteiger partial charge in [0.15, 0.2) is 0 Å². The average Bonchev–Trinajstić information content (AvgIpc) is 2.55. The molecular weight excluding hydrogens is 322 g/mol. The number of carbonyl (C=O) groups excluding carboxylic acids is 1. The van der Waals surface area contributed by atoms with Crippen LogP contribution in [0.5, 0.6) is 0 Å². The fraction of sp³-hybridized carbons (Fsp3) is 0.316. The highest BCUT2D eigenvalue weighted by Gasteiger charge is 2.15. The summed E-state index contributed by atoms with van der Waals surface area (Å²) in [4.78, 5) is 14.6. The molecule has 0 radical (unpaired) electrons. The van der Waals surface area contributed by atoms with E-state index in [0.29, 0.717) is 12.1 Å². The summed E-state index contributed by atoms with van der Waals surface area (Å²) in [5.41, 5.74) is 8.50. The highest BCUT2D eigenvalue weighted by atomic mass is 35.5. The van der Waals surface area contributed by atoms with Gasteiger partial charge in [-0.2, -0.15) is 0 Å². The fourth-order valence-corrected chi connectivity index (χ4v) is 2.56. The molecule has 0 saturated heterocycles. The average molecular weight is 348 g/mol. The molecule has 0 saturated carbocycles. The van der Waals surface area contributed by atoms with Gasteiger partial charge in [0.2, 0.25) is 0 Å². The van der Waals surface area contributed by atoms with Crippen molar-refractivity contribution in [1.29, 1.82) is 0 Å². The highest BCUT2D eigenvalue weighted by Crippen LogP contribution is 2.07. The third-order valence-corrected chi connectivity index (χ3v) is 3.70. The minimum absolute atomic E-state index is 0. The molecule has 2 aromatic rings. The molecule has 4 nitrogen and oxygen atoms in total. The van der Waals surface area contributed by atoms with Crippen LogP contribution in [-0.2, 0) is 13.0 Å². The zero-order valence-corrected chi connectivity index (χ0v) is 15.1. The number of benzene rings is 2. The summed E-state index contributed by atoms with van der Waals surface area (Å²) in [6.07, 6.45) is 0.811. The maximum absolute atomic E-state index is 12.5. The van der Waals surface area contributed by atoms with Crippen LogP contribution in [0.2, 0.25) is 0 Å². The Morgan fingerprint density at radius 2 is 1.67 bits per heavy atom. The number of likely N-dealkylation sites (N-methyl/N-ethyl adjacent to an activating group) is 1. The first kappa shape index (κ1) is 20.2. The molecule has 0 aliphatic heterocycles. The van der Waals surface area contributed by atoms with Gasteiger partial charge in [-0.25, -0.2) is 0 Å². The minimum Gasteiger partial charge on any atom is -0.348 e. The van der Waals surface area contributed by atoms with Crippen LogP contribution in [0, 0.1) is 0 Å². The molecule has 5 heteroatoms. The highest BCUT2D eigenvalue weighted by molar-refractivity contribution is 5.94. The Kier molecular flexibility index (Phi) is 8.47. The van der Waals surface area contributed by atoms with Crippen molar-refractivity contribution in [2.75, 3.05) is 20.6 Å². The lowest BCUT2D eigenvalue weighted by atomic mass is 10.0. The molecule has 0 bridgehead atoms. The van der Waals surface area contributed by atoms with E-state index in [2.05, 4.69) is 22.3 Å². The van der Waals surface area contributed by atoms with Gasteiger partial charge in [0, 0.05) is 24.7 Å². The summed E-state index contributed by atoms with van der Waals surface area (Å²) in [6, 6.07) is 17.7. The fourth-order valence-electron chi connectivity index (χ4n) is 2.56. The predicted octanol–water partition coefficient (Wildman–Crippen LogP) is 2.47. The first-order chi connectivity index (χ1) is 11.1. The summed E-state index contributed by atoms with van der Waals surface area (Å²) in [7, 11) is 4.03. The molecule has 0 aliphatic rings. The zero-order valence-electron chi connectivity index (χ0n) is 14.2. The SMILES string of the molecule is CN(C)CC(Cc1ccccc1)NC(=O)c1ccc(CN)cc1.Cl. The van der Waals surface area contributed by atoms with Crippen LogP contribution < -0.4 is 11.1 Å². The van der Waals surface area contributed by atoms with Crippen molar-refractivity contribution >= 4 is 18.3 Å². The molecule has 0 aliphatic carbocycles. The van der Waals surface area contributed by atoms with Crippen molar-refractivity contribution in [1.82, 2.24) is 10.2 Å². The molecule has 0 spiro atoms. The van der Waals surface area contributed by atoms with Gasteiger partial charge in [-0.05, 0) is 43.8 Å². The van der Waals surface area contributed by atoms with Gasteiger partial charge >= 0.3 is 0 Å². The largest absolute Gasteiger partial charge is 0.348 e. The molecular formula is C19H26ClN3O. The number of hydrogen-bond acceptors (Lipinski definition) is 3. The molecule has 24 heavy (non-hydrogen) atoms. The van der Waals surface area contributed by atoms with Crippen molar-refractivity contribution in [2.45, 2.75) is 19.0 Å². The Bertz CT molecular complexity index is 614. The van der Waals surface area contributed by atoms with Crippen LogP contribution in [0.15, 0.2) is 54.6 Å². The molecule has 3 N–H and O–H groups in total. The normalized spacial score (nSPS) is 11.7. The van der Waals surface area contributed by atoms with Gasteiger partial charge in [0.05, 0.1) is 0 Å². The van der Waals surface area contributed by atoms with Gasteiger partial charge in [-0.1, -0.05) is 42.5 Å². The van der Waals surface area contributed by atoms with Crippen molar-refractivity contribution in [2.24, 2.45) is 5.73 Å². The predicted molar refractivity (Wildman–Crippen MR) is 102 cm³/mol. The lowest BCUT2D eigenvalue weighted by Gasteiger charge is -2.22. The lowest BCUT2D eigenvalue weighted by molar-refractivity contribution is 0.0930. The molecule has 2 aromatic carbocycles. The van der Waals surface area contributed by atoms with E-state index < -0.39 is 0 Å². The molecule has 130 valence electrons. The molecule has 2 rings (SSSR count). The topological polar surface area (TPSA) is 58.4 Å². The number of rotatable bonds is 7. The van der Waals surface area contributed by atoms with Crippen LogP contribution >= 0.6 is 12.4 Å². The van der Waals surface area contributed by atoms with E-state index in [1.807, 2.05) is 56.6 Å². The molecule has 0 aromatic heterocycles. The maximum atomic E-state index is 12.5. The third kappa shape index (κ3) is 6.32. The van der Waals surface area contributed by atoms with Crippen LogP contribution in [0.4, 0.5) is 0 Å². The van der Waals surface area contributed by atoms with Crippen LogP contribution in [0.3, 0.4) is 0 Å². The van der Waals surface area contributed by atoms with E-state index in [-0.39, 0.29) is 24.4 Å². The van der Waals surface area contributed by atoms with Gasteiger partial charge in [0.25, 0.3) is 5.91 Å². The van der Waals surface area contributed by atoms with E-state index in [4.69, 9.17) is 5.73 Å². The first-order valence-electron chi connectivity index (χ1n) is 7.87. The van der Waals surface area contributed by atoms with Crippen molar-refractivity contribution < 1.29 is 4.79 Å². The monoisotopic (exact) mass is 347 g/mol. The Morgan fingerprint density at radius 1 is 1.04 bits per heavy atom. The van der Waals surface area contributed by atoms with Crippen LogP contribution in [-0.4, -0.2) is 37.5 Å². The number of amides is 1. The van der Waals surface area contributed by atoms with E-state index in [1.165, 1.54) is 5.56 Å². The maximum Gasteiger partial charge on any atom is 0.251 e. The summed E-state index contributed by atoms with van der Waals surface area (Å²) in [6.45, 7) is 1.28. The van der Waals surface area contributed by atoms with Crippen LogP contribution in [0.25, 0.3) is 0 Å². The third-order valence-electron chi connectivity index (χ3n) is 3.70. The second-order valence-corrected chi connectivity index (χ2v) is 6.02. The first-order valence-corrected chi connectivity index (χ1v) is 7.87. The second kappa shape index (κ2) is 10.1. The van der Waals surface area contributed by atoms with Crippen molar-refractivity contribution in [3.05, 3.63) is 71.3 Å². The number of halogens is 1. The van der Waals surface area contributed by atoms with Crippen molar-refractivity contribution in [3.63, 3.8) is 0 Å². The molecule has 1 amide bonds. The smallest absolute Gasteiger partial charge is 0.251 e. The van der Waals surface area contributed by atoms with E-state index in [1.54, 1.807) is 0 Å². The molecule has 0 fully saturated rings. The summed E-state index contributed by atoms with van der Waals surface area (Å²) < 4.78 is 0. The second-order valence-electron chi connectivity index (χ2n) is 6.02. The number of hydrogen-bond donors (Lipinski definition) is 2. The van der Waals surface area contributed by atoms with Crippen molar-refractivity contribution in [3.8, 4) is 0 Å². The van der Waals surface area contributed by atoms with Gasteiger partial charge in [-0.15, -0.1) is 12.4 Å². The van der Waals surface area contributed by atoms with E-state index in [9.17, 15) is 4.79 Å². The summed E-state index contributed by atoms with van der Waals surface area (Å²) >= 11 is 0. The lowest BCUT2D eigenvalue weighted by Crippen LogP contribution is -2.43. The Morgan fingerprint density at radius 3 is 2.21 bits per heavy atom. The Hall–Kier alpha value is -1.88. The van der Waals surface area contributed by atoms with E-state index >= 15 is 0 Å². The number of carbonyl (C=O) groups is 1. The number of nitrogens with zero attached hydrogens (tertiary/aromatic N) is 1. The van der Waals surface area contributed by atoms with E-state index in [0.717, 1.165) is 18.5 Å². The Balaban J connectivity index is 0.00000288. The molecule has 1 unspecified atom stereocenters. The zero-order chi connectivity index (χ0) is 16.7. The number of nitrogens with two attached hydrogens (primary N) is 1. The molecule has 0 heterocycles. The van der Waals surface area contributed by atoms with Crippen LogP contribution in [0.1, 0.15) is 21.5 Å². The number of nitrogens with one attached hydrogen (secondary N) is 1. The minimum atomic E-state index is -0.0450. The summed E-state index contributed by atoms with van der Waals surface area (Å²) in [5.74, 6) is -0.0450. The quantitative estimate of drug-likeness (QED) is 0.809. The van der Waals surface area contributed by atoms with Gasteiger partial charge < -0.3 is 16.0 Å².